The summed E-state index contributed by atoms with van der Waals surface area (Å²) in [6, 6.07) is 25.8. The standard InChI is InChI=1S/C31H31NO6/c1-21-9-13-24(14-10-21)29(33)35-20-26-28(38-30(34)25-15-11-22(2)12-16-25)31(3,27(37-26)17-18-32)36-19-23-7-5-4-6-8-23/h4-16,26-28H,17,19-20H2,1-3H3/t26?,27-,28+,31-/m0/s1. The van der Waals surface area contributed by atoms with Crippen molar-refractivity contribution in [2.45, 2.75) is 57.7 Å². The lowest BCUT2D eigenvalue weighted by molar-refractivity contribution is -0.126. The molecular formula is C31H31NO6. The summed E-state index contributed by atoms with van der Waals surface area (Å²) in [5.74, 6) is -1.08. The summed E-state index contributed by atoms with van der Waals surface area (Å²) in [6.45, 7) is 5.67. The molecule has 0 spiro atoms. The van der Waals surface area contributed by atoms with E-state index >= 15 is 0 Å². The van der Waals surface area contributed by atoms with Crippen LogP contribution in [0.1, 0.15) is 50.8 Å². The van der Waals surface area contributed by atoms with Gasteiger partial charge in [-0.3, -0.25) is 0 Å². The molecule has 0 saturated carbocycles. The van der Waals surface area contributed by atoms with Crippen LogP contribution in [0.5, 0.6) is 0 Å². The number of hydrogen-bond donors (Lipinski definition) is 0. The van der Waals surface area contributed by atoms with Crippen molar-refractivity contribution in [2.75, 3.05) is 6.61 Å². The minimum atomic E-state index is -1.17. The lowest BCUT2D eigenvalue weighted by Gasteiger charge is -2.34. The predicted molar refractivity (Wildman–Crippen MR) is 140 cm³/mol. The van der Waals surface area contributed by atoms with Gasteiger partial charge in [0.2, 0.25) is 0 Å². The first-order valence-electron chi connectivity index (χ1n) is 12.5. The molecule has 1 saturated heterocycles. The zero-order chi connectivity index (χ0) is 27.1. The molecular weight excluding hydrogens is 482 g/mol. The summed E-state index contributed by atoms with van der Waals surface area (Å²) in [7, 11) is 0. The van der Waals surface area contributed by atoms with E-state index in [1.807, 2.05) is 68.4 Å². The molecule has 7 heteroatoms. The van der Waals surface area contributed by atoms with Crippen molar-refractivity contribution in [3.63, 3.8) is 0 Å². The maximum absolute atomic E-state index is 13.2. The van der Waals surface area contributed by atoms with E-state index in [-0.39, 0.29) is 19.6 Å². The van der Waals surface area contributed by atoms with Crippen molar-refractivity contribution in [3.05, 3.63) is 107 Å². The zero-order valence-electron chi connectivity index (χ0n) is 21.8. The molecule has 1 aliphatic rings. The largest absolute Gasteiger partial charge is 0.459 e. The summed E-state index contributed by atoms with van der Waals surface area (Å²) < 4.78 is 24.1. The van der Waals surface area contributed by atoms with Gasteiger partial charge in [0.25, 0.3) is 0 Å². The Balaban J connectivity index is 1.58. The molecule has 0 N–H and O–H groups in total. The molecule has 0 aromatic heterocycles. The summed E-state index contributed by atoms with van der Waals surface area (Å²) in [5.41, 5.74) is 2.56. The number of carbonyl (C=O) groups is 2. The van der Waals surface area contributed by atoms with Gasteiger partial charge in [0.1, 0.15) is 24.4 Å². The zero-order valence-corrected chi connectivity index (χ0v) is 21.8. The van der Waals surface area contributed by atoms with Gasteiger partial charge in [-0.25, -0.2) is 9.59 Å². The Morgan fingerprint density at radius 1 is 0.895 bits per heavy atom. The van der Waals surface area contributed by atoms with Crippen LogP contribution in [0.15, 0.2) is 78.9 Å². The van der Waals surface area contributed by atoms with E-state index in [0.717, 1.165) is 16.7 Å². The van der Waals surface area contributed by atoms with Gasteiger partial charge >= 0.3 is 11.9 Å². The number of esters is 2. The average Bonchev–Trinajstić information content (AvgIpc) is 3.18. The van der Waals surface area contributed by atoms with Crippen molar-refractivity contribution >= 4 is 11.9 Å². The average molecular weight is 514 g/mol. The number of nitriles is 1. The number of ether oxygens (including phenoxy) is 4. The predicted octanol–water partition coefficient (Wildman–Crippen LogP) is 5.34. The topological polar surface area (TPSA) is 94.8 Å². The van der Waals surface area contributed by atoms with E-state index in [0.29, 0.717) is 11.1 Å². The second-order valence-corrected chi connectivity index (χ2v) is 9.64. The number of rotatable bonds is 9. The summed E-state index contributed by atoms with van der Waals surface area (Å²) >= 11 is 0. The first-order chi connectivity index (χ1) is 18.3. The Labute approximate surface area is 222 Å². The van der Waals surface area contributed by atoms with Crippen LogP contribution in [0.4, 0.5) is 0 Å². The van der Waals surface area contributed by atoms with Crippen LogP contribution < -0.4 is 0 Å². The van der Waals surface area contributed by atoms with Crippen molar-refractivity contribution in [2.24, 2.45) is 0 Å². The highest BCUT2D eigenvalue weighted by Gasteiger charge is 2.57. The molecule has 38 heavy (non-hydrogen) atoms. The van der Waals surface area contributed by atoms with E-state index < -0.39 is 35.9 Å². The molecule has 1 unspecified atom stereocenters. The molecule has 3 aromatic carbocycles. The minimum Gasteiger partial charge on any atom is -0.459 e. The highest BCUT2D eigenvalue weighted by molar-refractivity contribution is 5.90. The van der Waals surface area contributed by atoms with E-state index in [4.69, 9.17) is 18.9 Å². The highest BCUT2D eigenvalue weighted by atomic mass is 16.6. The molecule has 7 nitrogen and oxygen atoms in total. The second kappa shape index (κ2) is 12.0. The van der Waals surface area contributed by atoms with E-state index in [2.05, 4.69) is 6.07 Å². The van der Waals surface area contributed by atoms with Crippen LogP contribution in [0.3, 0.4) is 0 Å². The number of nitrogens with zero attached hydrogens (tertiary/aromatic N) is 1. The first-order valence-corrected chi connectivity index (χ1v) is 12.5. The van der Waals surface area contributed by atoms with Crippen molar-refractivity contribution in [1.29, 1.82) is 5.26 Å². The molecule has 3 aromatic rings. The van der Waals surface area contributed by atoms with Crippen LogP contribution in [0.25, 0.3) is 0 Å². The van der Waals surface area contributed by atoms with E-state index in [1.165, 1.54) is 0 Å². The van der Waals surface area contributed by atoms with Crippen LogP contribution >= 0.6 is 0 Å². The molecule has 0 aliphatic carbocycles. The second-order valence-electron chi connectivity index (χ2n) is 9.64. The Hall–Kier alpha value is -3.99. The lowest BCUT2D eigenvalue weighted by Crippen LogP contribution is -2.50. The summed E-state index contributed by atoms with van der Waals surface area (Å²) in [5, 5.41) is 9.51. The SMILES string of the molecule is Cc1ccc(C(=O)OCC2O[C@@H](CC#N)[C@](C)(OCc3ccccc3)[C@@H]2OC(=O)c2ccc(C)cc2)cc1. The van der Waals surface area contributed by atoms with Gasteiger partial charge in [-0.2, -0.15) is 5.26 Å². The van der Waals surface area contributed by atoms with Crippen molar-refractivity contribution in [3.8, 4) is 6.07 Å². The number of hydrogen-bond acceptors (Lipinski definition) is 7. The Morgan fingerprint density at radius 2 is 1.47 bits per heavy atom. The van der Waals surface area contributed by atoms with E-state index in [1.54, 1.807) is 31.2 Å². The van der Waals surface area contributed by atoms with Crippen molar-refractivity contribution < 1.29 is 28.5 Å². The Morgan fingerprint density at radius 3 is 2.05 bits per heavy atom. The fourth-order valence-corrected chi connectivity index (χ4v) is 4.41. The van der Waals surface area contributed by atoms with Crippen LogP contribution in [-0.2, 0) is 25.6 Å². The van der Waals surface area contributed by atoms with Gasteiger partial charge in [-0.15, -0.1) is 0 Å². The third-order valence-corrected chi connectivity index (χ3v) is 6.74. The quantitative estimate of drug-likeness (QED) is 0.356. The summed E-state index contributed by atoms with van der Waals surface area (Å²) in [4.78, 5) is 25.9. The minimum absolute atomic E-state index is 0.00623. The van der Waals surface area contributed by atoms with Gasteiger partial charge < -0.3 is 18.9 Å². The first kappa shape index (κ1) is 27.1. The normalized spacial score (nSPS) is 22.4. The highest BCUT2D eigenvalue weighted by Crippen LogP contribution is 2.39. The molecule has 0 bridgehead atoms. The molecule has 196 valence electrons. The molecule has 1 fully saturated rings. The molecule has 0 radical (unpaired) electrons. The third kappa shape index (κ3) is 6.28. The Kier molecular flexibility index (Phi) is 8.57. The third-order valence-electron chi connectivity index (χ3n) is 6.74. The smallest absolute Gasteiger partial charge is 0.338 e. The van der Waals surface area contributed by atoms with Crippen LogP contribution in [0, 0.1) is 25.2 Å². The molecule has 0 amide bonds. The lowest BCUT2D eigenvalue weighted by atomic mass is 9.90. The number of aryl methyl sites for hydroxylation is 2. The number of carbonyl (C=O) groups excluding carboxylic acids is 2. The maximum Gasteiger partial charge on any atom is 0.338 e. The molecule has 1 heterocycles. The Bertz CT molecular complexity index is 1280. The maximum atomic E-state index is 13.2. The van der Waals surface area contributed by atoms with Gasteiger partial charge in [0.15, 0.2) is 6.10 Å². The van der Waals surface area contributed by atoms with Gasteiger partial charge in [0, 0.05) is 0 Å². The fraction of sp³-hybridized carbons (Fsp3) is 0.323. The van der Waals surface area contributed by atoms with E-state index in [9.17, 15) is 14.9 Å². The van der Waals surface area contributed by atoms with Gasteiger partial charge in [-0.05, 0) is 50.6 Å². The van der Waals surface area contributed by atoms with Crippen molar-refractivity contribution in [1.82, 2.24) is 0 Å². The van der Waals surface area contributed by atoms with Gasteiger partial charge in [0.05, 0.1) is 30.2 Å². The van der Waals surface area contributed by atoms with Crippen LogP contribution in [-0.4, -0.2) is 42.5 Å². The number of benzene rings is 3. The fourth-order valence-electron chi connectivity index (χ4n) is 4.41. The molecule has 1 aliphatic heterocycles. The molecule has 4 atom stereocenters. The molecule has 4 rings (SSSR count). The van der Waals surface area contributed by atoms with Gasteiger partial charge in [-0.1, -0.05) is 65.7 Å². The van der Waals surface area contributed by atoms with Crippen LogP contribution in [0.2, 0.25) is 0 Å². The summed E-state index contributed by atoms with van der Waals surface area (Å²) in [6.07, 6.45) is -2.48. The monoisotopic (exact) mass is 513 g/mol.